The zero-order valence-electron chi connectivity index (χ0n) is 11.5. The third-order valence-electron chi connectivity index (χ3n) is 5.01. The van der Waals surface area contributed by atoms with Gasteiger partial charge in [0.15, 0.2) is 0 Å². The molecule has 0 unspecified atom stereocenters. The first-order valence-electron chi connectivity index (χ1n) is 7.38. The topological polar surface area (TPSA) is 49.5 Å². The summed E-state index contributed by atoms with van der Waals surface area (Å²) in [6, 6.07) is 10.6. The van der Waals surface area contributed by atoms with Gasteiger partial charge in [-0.1, -0.05) is 36.8 Å². The lowest BCUT2D eigenvalue weighted by Gasteiger charge is -2.53. The van der Waals surface area contributed by atoms with E-state index in [2.05, 4.69) is 35.2 Å². The minimum Gasteiger partial charge on any atom is -0.392 e. The van der Waals surface area contributed by atoms with Gasteiger partial charge in [-0.3, -0.25) is 4.90 Å². The fourth-order valence-corrected chi connectivity index (χ4v) is 3.98. The highest BCUT2D eigenvalue weighted by molar-refractivity contribution is 5.15. The van der Waals surface area contributed by atoms with Gasteiger partial charge < -0.3 is 10.8 Å². The molecule has 1 aliphatic carbocycles. The molecule has 0 radical (unpaired) electrons. The lowest BCUT2D eigenvalue weighted by Crippen LogP contribution is -2.61. The van der Waals surface area contributed by atoms with Crippen molar-refractivity contribution in [1.82, 2.24) is 4.90 Å². The quantitative estimate of drug-likeness (QED) is 0.868. The van der Waals surface area contributed by atoms with Gasteiger partial charge in [-0.05, 0) is 24.3 Å². The van der Waals surface area contributed by atoms with Crippen molar-refractivity contribution in [3.63, 3.8) is 0 Å². The first-order chi connectivity index (χ1) is 9.23. The number of fused-ring (bicyclic) bond motifs is 2. The predicted octanol–water partition coefficient (Wildman–Crippen LogP) is 1.61. The van der Waals surface area contributed by atoms with Crippen LogP contribution in [0.2, 0.25) is 0 Å². The fourth-order valence-electron chi connectivity index (χ4n) is 3.98. The highest BCUT2D eigenvalue weighted by Gasteiger charge is 2.48. The molecule has 3 heteroatoms. The summed E-state index contributed by atoms with van der Waals surface area (Å²) < 4.78 is 0. The van der Waals surface area contributed by atoms with Crippen LogP contribution in [-0.2, 0) is 6.54 Å². The Morgan fingerprint density at radius 3 is 2.84 bits per heavy atom. The van der Waals surface area contributed by atoms with Gasteiger partial charge in [0, 0.05) is 31.6 Å². The van der Waals surface area contributed by atoms with E-state index < -0.39 is 0 Å². The third-order valence-corrected chi connectivity index (χ3v) is 5.01. The van der Waals surface area contributed by atoms with Gasteiger partial charge in [0.25, 0.3) is 0 Å². The summed E-state index contributed by atoms with van der Waals surface area (Å²) in [7, 11) is 0. The second-order valence-electron chi connectivity index (χ2n) is 6.32. The summed E-state index contributed by atoms with van der Waals surface area (Å²) in [6.45, 7) is 3.54. The van der Waals surface area contributed by atoms with E-state index in [4.69, 9.17) is 5.73 Å². The molecule has 3 nitrogen and oxygen atoms in total. The number of likely N-dealkylation sites (tertiary alicyclic amines) is 1. The van der Waals surface area contributed by atoms with Crippen LogP contribution in [0.1, 0.15) is 24.8 Å². The predicted molar refractivity (Wildman–Crippen MR) is 76.6 cm³/mol. The highest BCUT2D eigenvalue weighted by Crippen LogP contribution is 2.43. The van der Waals surface area contributed by atoms with Gasteiger partial charge in [-0.15, -0.1) is 0 Å². The van der Waals surface area contributed by atoms with Gasteiger partial charge in [0.1, 0.15) is 0 Å². The zero-order chi connectivity index (χ0) is 13.3. The van der Waals surface area contributed by atoms with Crippen molar-refractivity contribution in [2.75, 3.05) is 19.6 Å². The number of nitrogens with zero attached hydrogens (tertiary/aromatic N) is 1. The van der Waals surface area contributed by atoms with E-state index in [9.17, 15) is 5.11 Å². The largest absolute Gasteiger partial charge is 0.392 e. The summed E-state index contributed by atoms with van der Waals surface area (Å²) in [5, 5.41) is 10.5. The Bertz CT molecular complexity index is 422. The summed E-state index contributed by atoms with van der Waals surface area (Å²) in [5.74, 6) is 0.412. The summed E-state index contributed by atoms with van der Waals surface area (Å²) >= 11 is 0. The monoisotopic (exact) mass is 260 g/mol. The van der Waals surface area contributed by atoms with E-state index in [1.165, 1.54) is 12.0 Å². The molecule has 3 rings (SSSR count). The average molecular weight is 260 g/mol. The molecule has 1 heterocycles. The van der Waals surface area contributed by atoms with Crippen LogP contribution in [0.15, 0.2) is 30.3 Å². The van der Waals surface area contributed by atoms with Crippen molar-refractivity contribution in [3.05, 3.63) is 35.9 Å². The van der Waals surface area contributed by atoms with Crippen LogP contribution in [0.5, 0.6) is 0 Å². The summed E-state index contributed by atoms with van der Waals surface area (Å²) in [6.07, 6.45) is 3.25. The Morgan fingerprint density at radius 1 is 1.32 bits per heavy atom. The van der Waals surface area contributed by atoms with Crippen LogP contribution in [-0.4, -0.2) is 35.7 Å². The van der Waals surface area contributed by atoms with E-state index in [-0.39, 0.29) is 11.5 Å². The second-order valence-corrected chi connectivity index (χ2v) is 6.32. The number of hydrogen-bond acceptors (Lipinski definition) is 3. The van der Waals surface area contributed by atoms with Gasteiger partial charge in [-0.2, -0.15) is 0 Å². The minimum absolute atomic E-state index is 0.0596. The first-order valence-corrected chi connectivity index (χ1v) is 7.38. The van der Waals surface area contributed by atoms with Crippen LogP contribution in [0.25, 0.3) is 0 Å². The van der Waals surface area contributed by atoms with E-state index in [0.717, 1.165) is 32.5 Å². The minimum atomic E-state index is -0.196. The molecule has 0 aromatic heterocycles. The van der Waals surface area contributed by atoms with Crippen molar-refractivity contribution in [3.8, 4) is 0 Å². The molecule has 2 bridgehead atoms. The zero-order valence-corrected chi connectivity index (χ0v) is 11.5. The maximum Gasteiger partial charge on any atom is 0.0661 e. The lowest BCUT2D eigenvalue weighted by atomic mass is 9.64. The van der Waals surface area contributed by atoms with Crippen molar-refractivity contribution in [2.45, 2.75) is 31.9 Å². The van der Waals surface area contributed by atoms with Crippen LogP contribution in [0.4, 0.5) is 0 Å². The summed E-state index contributed by atoms with van der Waals surface area (Å²) in [4.78, 5) is 2.48. The number of hydrogen-bond donors (Lipinski definition) is 2. The second kappa shape index (κ2) is 5.23. The van der Waals surface area contributed by atoms with E-state index in [0.29, 0.717) is 12.5 Å². The van der Waals surface area contributed by atoms with Crippen molar-refractivity contribution >= 4 is 0 Å². The SMILES string of the molecule is NC[C@@]12CCC[C@@H](CN(Cc3ccccc3)C1)[C@@H]2O. The number of rotatable bonds is 3. The molecule has 1 saturated carbocycles. The number of piperidine rings is 1. The van der Waals surface area contributed by atoms with Crippen molar-refractivity contribution < 1.29 is 5.11 Å². The maximum absolute atomic E-state index is 10.5. The number of aliphatic hydroxyl groups is 1. The van der Waals surface area contributed by atoms with Crippen LogP contribution >= 0.6 is 0 Å². The van der Waals surface area contributed by atoms with Gasteiger partial charge >= 0.3 is 0 Å². The van der Waals surface area contributed by atoms with Crippen LogP contribution in [0.3, 0.4) is 0 Å². The number of benzene rings is 1. The molecule has 0 spiro atoms. The number of nitrogens with two attached hydrogens (primary N) is 1. The van der Waals surface area contributed by atoms with Gasteiger partial charge in [0.2, 0.25) is 0 Å². The fraction of sp³-hybridized carbons (Fsp3) is 0.625. The maximum atomic E-state index is 10.5. The van der Waals surface area contributed by atoms with Gasteiger partial charge in [-0.25, -0.2) is 0 Å². The molecular weight excluding hydrogens is 236 g/mol. The highest BCUT2D eigenvalue weighted by atomic mass is 16.3. The standard InChI is InChI=1S/C16H24N2O/c17-11-16-8-4-7-14(15(16)19)10-18(12-16)9-13-5-2-1-3-6-13/h1-3,5-6,14-15,19H,4,7-12,17H2/t14-,15-,16-/m0/s1. The molecule has 3 N–H and O–H groups in total. The van der Waals surface area contributed by atoms with Crippen LogP contribution < -0.4 is 5.73 Å². The molecule has 1 aromatic rings. The molecule has 1 saturated heterocycles. The first kappa shape index (κ1) is 13.1. The van der Waals surface area contributed by atoms with E-state index >= 15 is 0 Å². The molecular formula is C16H24N2O. The Morgan fingerprint density at radius 2 is 2.11 bits per heavy atom. The Kier molecular flexibility index (Phi) is 3.61. The molecule has 1 aromatic carbocycles. The smallest absolute Gasteiger partial charge is 0.0661 e. The summed E-state index contributed by atoms with van der Waals surface area (Å²) in [5.41, 5.74) is 7.30. The molecule has 0 amide bonds. The molecule has 104 valence electrons. The Balaban J connectivity index is 1.75. The molecule has 3 atom stereocenters. The normalized spacial score (nSPS) is 35.3. The van der Waals surface area contributed by atoms with Gasteiger partial charge in [0.05, 0.1) is 6.10 Å². The van der Waals surface area contributed by atoms with Crippen molar-refractivity contribution in [2.24, 2.45) is 17.1 Å². The van der Waals surface area contributed by atoms with E-state index in [1.54, 1.807) is 0 Å². The molecule has 19 heavy (non-hydrogen) atoms. The lowest BCUT2D eigenvalue weighted by molar-refractivity contribution is -0.111. The average Bonchev–Trinajstić information content (AvgIpc) is 2.42. The molecule has 2 fully saturated rings. The van der Waals surface area contributed by atoms with E-state index in [1.807, 2.05) is 0 Å². The number of aliphatic hydroxyl groups excluding tert-OH is 1. The molecule has 2 aliphatic rings. The Labute approximate surface area is 115 Å². The Hall–Kier alpha value is -0.900. The molecule has 1 aliphatic heterocycles. The van der Waals surface area contributed by atoms with Crippen molar-refractivity contribution in [1.29, 1.82) is 0 Å². The third kappa shape index (κ3) is 2.42. The van der Waals surface area contributed by atoms with Crippen LogP contribution in [0, 0.1) is 11.3 Å².